The second kappa shape index (κ2) is 8.63. The molecule has 0 heterocycles. The molecule has 0 unspecified atom stereocenters. The number of hydrogen-bond donors (Lipinski definition) is 2. The average Bonchev–Trinajstić information content (AvgIpc) is 2.58. The van der Waals surface area contributed by atoms with Crippen LogP contribution in [0.2, 0.25) is 0 Å². The predicted octanol–water partition coefficient (Wildman–Crippen LogP) is 2.79. The summed E-state index contributed by atoms with van der Waals surface area (Å²) < 4.78 is 5.39. The zero-order valence-electron chi connectivity index (χ0n) is 14.5. The lowest BCUT2D eigenvalue weighted by molar-refractivity contribution is -0.136. The fourth-order valence-electron chi connectivity index (χ4n) is 2.25. The van der Waals surface area contributed by atoms with Gasteiger partial charge in [0.25, 0.3) is 0 Å². The number of ether oxygens (including phenoxy) is 1. The molecule has 0 aliphatic carbocycles. The van der Waals surface area contributed by atoms with Crippen LogP contribution in [0.1, 0.15) is 23.6 Å². The molecule has 0 aliphatic heterocycles. The van der Waals surface area contributed by atoms with E-state index in [0.717, 1.165) is 16.7 Å². The maximum Gasteiger partial charge on any atom is 0.329 e. The van der Waals surface area contributed by atoms with Gasteiger partial charge < -0.3 is 10.1 Å². The van der Waals surface area contributed by atoms with E-state index in [1.54, 1.807) is 6.07 Å². The topological polar surface area (TPSA) is 79.8 Å². The smallest absolute Gasteiger partial charge is 0.329 e. The molecule has 130 valence electrons. The quantitative estimate of drug-likeness (QED) is 0.499. The SMILES string of the molecule is CCOc1cccc(/C=N\NC(=O)C(=O)Nc2c(C)cccc2C)c1. The first-order valence-corrected chi connectivity index (χ1v) is 7.94. The molecule has 2 N–H and O–H groups in total. The Hall–Kier alpha value is -3.15. The third-order valence-electron chi connectivity index (χ3n) is 3.47. The van der Waals surface area contributed by atoms with Crippen LogP contribution in [-0.2, 0) is 9.59 Å². The second-order valence-electron chi connectivity index (χ2n) is 5.43. The van der Waals surface area contributed by atoms with Gasteiger partial charge in [0.05, 0.1) is 12.8 Å². The normalized spacial score (nSPS) is 10.5. The molecule has 0 spiro atoms. The van der Waals surface area contributed by atoms with Gasteiger partial charge in [-0.2, -0.15) is 5.10 Å². The lowest BCUT2D eigenvalue weighted by Crippen LogP contribution is -2.32. The molecular formula is C19H21N3O3. The van der Waals surface area contributed by atoms with Crippen molar-refractivity contribution < 1.29 is 14.3 Å². The Morgan fingerprint density at radius 2 is 1.76 bits per heavy atom. The molecule has 2 aromatic carbocycles. The van der Waals surface area contributed by atoms with Crippen molar-refractivity contribution in [2.75, 3.05) is 11.9 Å². The van der Waals surface area contributed by atoms with Gasteiger partial charge in [0.15, 0.2) is 0 Å². The minimum Gasteiger partial charge on any atom is -0.494 e. The number of para-hydroxylation sites is 1. The van der Waals surface area contributed by atoms with E-state index in [-0.39, 0.29) is 0 Å². The van der Waals surface area contributed by atoms with Gasteiger partial charge in [-0.05, 0) is 49.6 Å². The lowest BCUT2D eigenvalue weighted by atomic mass is 10.1. The van der Waals surface area contributed by atoms with E-state index in [9.17, 15) is 9.59 Å². The predicted molar refractivity (Wildman–Crippen MR) is 97.9 cm³/mol. The number of benzene rings is 2. The molecule has 0 saturated heterocycles. The fourth-order valence-corrected chi connectivity index (χ4v) is 2.25. The number of carbonyl (C=O) groups excluding carboxylic acids is 2. The largest absolute Gasteiger partial charge is 0.494 e. The number of rotatable bonds is 5. The van der Waals surface area contributed by atoms with Crippen molar-refractivity contribution in [2.45, 2.75) is 20.8 Å². The molecule has 0 radical (unpaired) electrons. The highest BCUT2D eigenvalue weighted by Gasteiger charge is 2.14. The molecule has 0 aromatic heterocycles. The minimum absolute atomic E-state index is 0.565. The number of nitrogens with zero attached hydrogens (tertiary/aromatic N) is 1. The Labute approximate surface area is 146 Å². The first-order chi connectivity index (χ1) is 12.0. The van der Waals surface area contributed by atoms with Gasteiger partial charge in [0, 0.05) is 5.69 Å². The molecule has 2 rings (SSSR count). The molecule has 6 nitrogen and oxygen atoms in total. The Morgan fingerprint density at radius 1 is 1.08 bits per heavy atom. The number of nitrogens with one attached hydrogen (secondary N) is 2. The molecular weight excluding hydrogens is 318 g/mol. The molecule has 2 amide bonds. The number of amides is 2. The molecule has 2 aromatic rings. The van der Waals surface area contributed by atoms with Gasteiger partial charge in [0.1, 0.15) is 5.75 Å². The van der Waals surface area contributed by atoms with Crippen LogP contribution >= 0.6 is 0 Å². The molecule has 0 bridgehead atoms. The van der Waals surface area contributed by atoms with Crippen molar-refractivity contribution in [2.24, 2.45) is 5.10 Å². The van der Waals surface area contributed by atoms with E-state index in [4.69, 9.17) is 4.74 Å². The number of aryl methyl sites for hydroxylation is 2. The molecule has 0 saturated carbocycles. The first kappa shape index (κ1) is 18.2. The summed E-state index contributed by atoms with van der Waals surface area (Å²) in [4.78, 5) is 23.8. The van der Waals surface area contributed by atoms with Gasteiger partial charge in [-0.1, -0.05) is 30.3 Å². The summed E-state index contributed by atoms with van der Waals surface area (Å²) in [6, 6.07) is 12.9. The molecule has 0 aliphatic rings. The highest BCUT2D eigenvalue weighted by Crippen LogP contribution is 2.19. The molecule has 6 heteroatoms. The zero-order chi connectivity index (χ0) is 18.2. The van der Waals surface area contributed by atoms with Crippen LogP contribution in [0.5, 0.6) is 5.75 Å². The first-order valence-electron chi connectivity index (χ1n) is 7.94. The maximum atomic E-state index is 12.0. The van der Waals surface area contributed by atoms with Crippen LogP contribution in [0.25, 0.3) is 0 Å². The van der Waals surface area contributed by atoms with E-state index < -0.39 is 11.8 Å². The summed E-state index contributed by atoms with van der Waals surface area (Å²) in [7, 11) is 0. The van der Waals surface area contributed by atoms with E-state index in [1.807, 2.05) is 57.2 Å². The van der Waals surface area contributed by atoms with E-state index >= 15 is 0 Å². The molecule has 0 fully saturated rings. The van der Waals surface area contributed by atoms with E-state index in [1.165, 1.54) is 6.21 Å². The van der Waals surface area contributed by atoms with Crippen LogP contribution in [-0.4, -0.2) is 24.6 Å². The van der Waals surface area contributed by atoms with Gasteiger partial charge in [0.2, 0.25) is 0 Å². The van der Waals surface area contributed by atoms with E-state index in [0.29, 0.717) is 18.0 Å². The van der Waals surface area contributed by atoms with Crippen molar-refractivity contribution in [3.63, 3.8) is 0 Å². The number of carbonyl (C=O) groups is 2. The van der Waals surface area contributed by atoms with Gasteiger partial charge in [-0.15, -0.1) is 0 Å². The van der Waals surface area contributed by atoms with Gasteiger partial charge in [-0.3, -0.25) is 9.59 Å². The highest BCUT2D eigenvalue weighted by atomic mass is 16.5. The highest BCUT2D eigenvalue weighted by molar-refractivity contribution is 6.39. The number of hydrazone groups is 1. The summed E-state index contributed by atoms with van der Waals surface area (Å²) in [5.74, 6) is -0.886. The summed E-state index contributed by atoms with van der Waals surface area (Å²) >= 11 is 0. The molecule has 0 atom stereocenters. The third-order valence-corrected chi connectivity index (χ3v) is 3.47. The monoisotopic (exact) mass is 339 g/mol. The van der Waals surface area contributed by atoms with Gasteiger partial charge >= 0.3 is 11.8 Å². The Balaban J connectivity index is 1.95. The Bertz CT molecular complexity index is 780. The summed E-state index contributed by atoms with van der Waals surface area (Å²) in [5, 5.41) is 6.42. The van der Waals surface area contributed by atoms with Crippen molar-refractivity contribution in [1.82, 2.24) is 5.43 Å². The average molecular weight is 339 g/mol. The summed E-state index contributed by atoms with van der Waals surface area (Å²) in [6.45, 7) is 6.19. The Morgan fingerprint density at radius 3 is 2.44 bits per heavy atom. The standard InChI is InChI=1S/C19H21N3O3/c1-4-25-16-10-6-9-15(11-16)12-20-22-19(24)18(23)21-17-13(2)7-5-8-14(17)3/h5-12H,4H2,1-3H3,(H,21,23)(H,22,24)/b20-12-. The number of hydrogen-bond acceptors (Lipinski definition) is 4. The molecule has 25 heavy (non-hydrogen) atoms. The summed E-state index contributed by atoms with van der Waals surface area (Å²) in [5.41, 5.74) is 5.38. The van der Waals surface area contributed by atoms with Crippen LogP contribution in [0.3, 0.4) is 0 Å². The van der Waals surface area contributed by atoms with E-state index in [2.05, 4.69) is 15.8 Å². The van der Waals surface area contributed by atoms with Gasteiger partial charge in [-0.25, -0.2) is 5.43 Å². The van der Waals surface area contributed by atoms with Crippen molar-refractivity contribution in [1.29, 1.82) is 0 Å². The van der Waals surface area contributed by atoms with Crippen LogP contribution in [0, 0.1) is 13.8 Å². The van der Waals surface area contributed by atoms with Crippen molar-refractivity contribution in [3.05, 3.63) is 59.2 Å². The van der Waals surface area contributed by atoms with Crippen LogP contribution in [0.4, 0.5) is 5.69 Å². The zero-order valence-corrected chi connectivity index (χ0v) is 14.5. The summed E-state index contributed by atoms with van der Waals surface area (Å²) in [6.07, 6.45) is 1.45. The van der Waals surface area contributed by atoms with Crippen LogP contribution < -0.4 is 15.5 Å². The second-order valence-corrected chi connectivity index (χ2v) is 5.43. The van der Waals surface area contributed by atoms with Crippen molar-refractivity contribution in [3.8, 4) is 5.75 Å². The fraction of sp³-hybridized carbons (Fsp3) is 0.211. The maximum absolute atomic E-state index is 12.0. The van der Waals surface area contributed by atoms with Crippen LogP contribution in [0.15, 0.2) is 47.6 Å². The Kier molecular flexibility index (Phi) is 6.28. The third kappa shape index (κ3) is 5.17. The minimum atomic E-state index is -0.833. The number of anilines is 1. The van der Waals surface area contributed by atoms with Crippen molar-refractivity contribution >= 4 is 23.7 Å². The lowest BCUT2D eigenvalue weighted by Gasteiger charge is -2.10.